The first kappa shape index (κ1) is 15.2. The molecular weight excluding hydrogens is 314 g/mol. The van der Waals surface area contributed by atoms with Crippen molar-refractivity contribution in [1.29, 1.82) is 0 Å². The van der Waals surface area contributed by atoms with Gasteiger partial charge < -0.3 is 0 Å². The SMILES string of the molecule is CC1(C)[C@@H]2CC[C@@]13CS(=O)(=O)N(C(=O)CCn1cccn1)[C@@H]3C2. The number of rotatable bonds is 3. The number of carbonyl (C=O) groups excluding carboxylic acids is 1. The van der Waals surface area contributed by atoms with Gasteiger partial charge in [0, 0.05) is 30.8 Å². The quantitative estimate of drug-likeness (QED) is 0.840. The van der Waals surface area contributed by atoms with E-state index in [0.717, 1.165) is 19.3 Å². The Morgan fingerprint density at radius 2 is 2.17 bits per heavy atom. The molecule has 1 aliphatic heterocycles. The molecule has 0 radical (unpaired) electrons. The van der Waals surface area contributed by atoms with Crippen LogP contribution in [-0.2, 0) is 21.4 Å². The number of fused-ring (bicyclic) bond motifs is 1. The highest BCUT2D eigenvalue weighted by atomic mass is 32.2. The van der Waals surface area contributed by atoms with E-state index < -0.39 is 10.0 Å². The molecular formula is C16H23N3O3S. The zero-order chi connectivity index (χ0) is 16.5. The molecule has 4 rings (SSSR count). The highest BCUT2D eigenvalue weighted by Crippen LogP contribution is 2.69. The van der Waals surface area contributed by atoms with Crippen LogP contribution in [0.3, 0.4) is 0 Å². The molecule has 1 amide bonds. The molecule has 6 nitrogen and oxygen atoms in total. The zero-order valence-corrected chi connectivity index (χ0v) is 14.4. The van der Waals surface area contributed by atoms with Gasteiger partial charge in [-0.05, 0) is 36.7 Å². The summed E-state index contributed by atoms with van der Waals surface area (Å²) in [5.41, 5.74) is -0.236. The maximum atomic E-state index is 12.7. The minimum Gasteiger partial charge on any atom is -0.274 e. The molecule has 1 aromatic heterocycles. The third-order valence-corrected chi connectivity index (χ3v) is 8.71. The van der Waals surface area contributed by atoms with E-state index in [-0.39, 0.29) is 35.0 Å². The van der Waals surface area contributed by atoms with Gasteiger partial charge in [0.1, 0.15) is 0 Å². The van der Waals surface area contributed by atoms with E-state index in [1.807, 2.05) is 0 Å². The van der Waals surface area contributed by atoms with E-state index in [1.54, 1.807) is 23.1 Å². The van der Waals surface area contributed by atoms with Gasteiger partial charge in [-0.3, -0.25) is 9.48 Å². The van der Waals surface area contributed by atoms with Gasteiger partial charge >= 0.3 is 0 Å². The second-order valence-corrected chi connectivity index (χ2v) is 9.68. The minimum atomic E-state index is -3.50. The van der Waals surface area contributed by atoms with Crippen LogP contribution in [0.5, 0.6) is 0 Å². The minimum absolute atomic E-state index is 0.00174. The van der Waals surface area contributed by atoms with Crippen LogP contribution in [0.15, 0.2) is 18.5 Å². The summed E-state index contributed by atoms with van der Waals surface area (Å²) >= 11 is 0. The summed E-state index contributed by atoms with van der Waals surface area (Å²) in [6, 6.07) is 1.66. The summed E-state index contributed by atoms with van der Waals surface area (Å²) in [5, 5.41) is 4.07. The Morgan fingerprint density at radius 1 is 1.39 bits per heavy atom. The van der Waals surface area contributed by atoms with Crippen molar-refractivity contribution >= 4 is 15.9 Å². The van der Waals surface area contributed by atoms with Crippen molar-refractivity contribution < 1.29 is 13.2 Å². The topological polar surface area (TPSA) is 72.3 Å². The van der Waals surface area contributed by atoms with Crippen molar-refractivity contribution in [1.82, 2.24) is 14.1 Å². The Labute approximate surface area is 136 Å². The number of hydrogen-bond acceptors (Lipinski definition) is 4. The molecule has 3 fully saturated rings. The summed E-state index contributed by atoms with van der Waals surface area (Å²) in [6.45, 7) is 4.81. The van der Waals surface area contributed by atoms with Crippen LogP contribution in [0.4, 0.5) is 0 Å². The average molecular weight is 337 g/mol. The van der Waals surface area contributed by atoms with Gasteiger partial charge in [0.25, 0.3) is 0 Å². The molecule has 23 heavy (non-hydrogen) atoms. The third kappa shape index (κ3) is 1.89. The molecule has 2 heterocycles. The first-order chi connectivity index (χ1) is 10.8. The molecule has 2 saturated carbocycles. The summed E-state index contributed by atoms with van der Waals surface area (Å²) in [6.07, 6.45) is 6.47. The lowest BCUT2D eigenvalue weighted by atomic mass is 9.69. The lowest BCUT2D eigenvalue weighted by molar-refractivity contribution is -0.129. The predicted octanol–water partition coefficient (Wildman–Crippen LogP) is 1.64. The van der Waals surface area contributed by atoms with Crippen molar-refractivity contribution in [3.05, 3.63) is 18.5 Å². The summed E-state index contributed by atoms with van der Waals surface area (Å²) in [7, 11) is -3.50. The van der Waals surface area contributed by atoms with E-state index >= 15 is 0 Å². The Hall–Kier alpha value is -1.37. The smallest absolute Gasteiger partial charge is 0.238 e. The number of carbonyl (C=O) groups is 1. The van der Waals surface area contributed by atoms with Gasteiger partial charge in [-0.1, -0.05) is 13.8 Å². The standard InChI is InChI=1S/C16H23N3O3S/c1-15(2)12-4-6-16(15)11-23(21,22)19(13(16)10-12)14(20)5-9-18-8-3-7-17-18/h3,7-8,12-13H,4-6,9-11H2,1-2H3/t12-,13-,16+/m1/s1. The van der Waals surface area contributed by atoms with Gasteiger partial charge in [-0.2, -0.15) is 5.10 Å². The van der Waals surface area contributed by atoms with Crippen molar-refractivity contribution in [2.24, 2.45) is 16.7 Å². The van der Waals surface area contributed by atoms with Crippen LogP contribution in [-0.4, -0.2) is 40.2 Å². The summed E-state index contributed by atoms with van der Waals surface area (Å²) < 4.78 is 28.4. The molecule has 2 aliphatic carbocycles. The van der Waals surface area contributed by atoms with E-state index in [1.165, 1.54) is 4.31 Å². The molecule has 3 atom stereocenters. The van der Waals surface area contributed by atoms with Crippen LogP contribution in [0.1, 0.15) is 39.5 Å². The number of amides is 1. The molecule has 2 bridgehead atoms. The lowest BCUT2D eigenvalue weighted by Gasteiger charge is -2.37. The first-order valence-electron chi connectivity index (χ1n) is 8.30. The lowest BCUT2D eigenvalue weighted by Crippen LogP contribution is -2.44. The van der Waals surface area contributed by atoms with Crippen LogP contribution in [0, 0.1) is 16.7 Å². The van der Waals surface area contributed by atoms with Gasteiger partial charge in [0.05, 0.1) is 11.8 Å². The highest BCUT2D eigenvalue weighted by molar-refractivity contribution is 7.90. The molecule has 1 aromatic rings. The second-order valence-electron chi connectivity index (χ2n) is 7.83. The van der Waals surface area contributed by atoms with E-state index in [9.17, 15) is 13.2 Å². The normalized spacial score (nSPS) is 36.3. The Morgan fingerprint density at radius 3 is 2.83 bits per heavy atom. The van der Waals surface area contributed by atoms with Crippen molar-refractivity contribution in [2.75, 3.05) is 5.75 Å². The van der Waals surface area contributed by atoms with Crippen LogP contribution >= 0.6 is 0 Å². The van der Waals surface area contributed by atoms with Crippen LogP contribution in [0.25, 0.3) is 0 Å². The number of aryl methyl sites for hydroxylation is 1. The fraction of sp³-hybridized carbons (Fsp3) is 0.750. The molecule has 1 saturated heterocycles. The average Bonchev–Trinajstić information content (AvgIpc) is 3.15. The molecule has 7 heteroatoms. The fourth-order valence-electron chi connectivity index (χ4n) is 5.37. The van der Waals surface area contributed by atoms with Crippen molar-refractivity contribution in [3.63, 3.8) is 0 Å². The van der Waals surface area contributed by atoms with E-state index in [0.29, 0.717) is 12.5 Å². The second kappa shape index (κ2) is 4.59. The first-order valence-corrected chi connectivity index (χ1v) is 9.91. The maximum Gasteiger partial charge on any atom is 0.238 e. The van der Waals surface area contributed by atoms with Crippen molar-refractivity contribution in [2.45, 2.75) is 52.1 Å². The summed E-state index contributed by atoms with van der Waals surface area (Å²) in [5.74, 6) is 0.400. The van der Waals surface area contributed by atoms with E-state index in [4.69, 9.17) is 0 Å². The molecule has 1 spiro atoms. The monoisotopic (exact) mass is 337 g/mol. The molecule has 3 aliphatic rings. The highest BCUT2D eigenvalue weighted by Gasteiger charge is 2.72. The summed E-state index contributed by atoms with van der Waals surface area (Å²) in [4.78, 5) is 12.7. The number of aromatic nitrogens is 2. The zero-order valence-electron chi connectivity index (χ0n) is 13.6. The molecule has 126 valence electrons. The van der Waals surface area contributed by atoms with Crippen LogP contribution < -0.4 is 0 Å². The number of nitrogens with zero attached hydrogens (tertiary/aromatic N) is 3. The predicted molar refractivity (Wildman–Crippen MR) is 84.8 cm³/mol. The Kier molecular flexibility index (Phi) is 3.03. The Bertz CT molecular complexity index is 741. The van der Waals surface area contributed by atoms with Gasteiger partial charge in [0.15, 0.2) is 0 Å². The van der Waals surface area contributed by atoms with E-state index in [2.05, 4.69) is 18.9 Å². The van der Waals surface area contributed by atoms with Crippen molar-refractivity contribution in [3.8, 4) is 0 Å². The maximum absolute atomic E-state index is 12.7. The molecule has 0 N–H and O–H groups in total. The van der Waals surface area contributed by atoms with Gasteiger partial charge in [0.2, 0.25) is 15.9 Å². The number of sulfonamides is 1. The van der Waals surface area contributed by atoms with Gasteiger partial charge in [-0.25, -0.2) is 12.7 Å². The fourth-order valence-corrected chi connectivity index (χ4v) is 7.95. The third-order valence-electron chi connectivity index (χ3n) is 6.77. The Balaban J connectivity index is 1.60. The number of hydrogen-bond donors (Lipinski definition) is 0. The largest absolute Gasteiger partial charge is 0.274 e. The van der Waals surface area contributed by atoms with Crippen LogP contribution in [0.2, 0.25) is 0 Å². The molecule has 0 aromatic carbocycles. The molecule has 0 unspecified atom stereocenters. The van der Waals surface area contributed by atoms with Gasteiger partial charge in [-0.15, -0.1) is 0 Å².